The molecule has 0 bridgehead atoms. The van der Waals surface area contributed by atoms with Gasteiger partial charge in [-0.1, -0.05) is 6.07 Å². The molecule has 0 spiro atoms. The van der Waals surface area contributed by atoms with Gasteiger partial charge < -0.3 is 0 Å². The molecule has 0 aliphatic carbocycles. The number of hydrogen-bond donors (Lipinski definition) is 0. The highest BCUT2D eigenvalue weighted by molar-refractivity contribution is 5.19. The fraction of sp³-hybridized carbons (Fsp3) is 0.333. The van der Waals surface area contributed by atoms with Gasteiger partial charge in [-0.3, -0.25) is 14.9 Å². The van der Waals surface area contributed by atoms with Crippen molar-refractivity contribution in [3.63, 3.8) is 0 Å². The second-order valence-electron chi connectivity index (χ2n) is 4.62. The molecule has 0 aliphatic heterocycles. The third kappa shape index (κ3) is 2.93. The van der Waals surface area contributed by atoms with Crippen molar-refractivity contribution >= 4 is 0 Å². The molecule has 0 unspecified atom stereocenters. The first-order chi connectivity index (χ1) is 8.68. The minimum atomic E-state index is 0.368. The molecule has 0 radical (unpaired) electrons. The van der Waals surface area contributed by atoms with Crippen molar-refractivity contribution in [3.05, 3.63) is 59.7 Å². The molecular weight excluding hydrogens is 222 g/mol. The van der Waals surface area contributed by atoms with Crippen LogP contribution in [0.1, 0.15) is 29.8 Å². The van der Waals surface area contributed by atoms with Crippen molar-refractivity contribution in [2.75, 3.05) is 7.05 Å². The number of aryl methyl sites for hydroxylation is 1. The zero-order valence-corrected chi connectivity index (χ0v) is 11.2. The van der Waals surface area contributed by atoms with Crippen LogP contribution in [0.15, 0.2) is 42.9 Å². The van der Waals surface area contributed by atoms with Crippen LogP contribution < -0.4 is 0 Å². The summed E-state index contributed by atoms with van der Waals surface area (Å²) in [6, 6.07) is 8.63. The number of hydrogen-bond acceptors (Lipinski definition) is 3. The van der Waals surface area contributed by atoms with Crippen LogP contribution >= 0.6 is 0 Å². The lowest BCUT2D eigenvalue weighted by atomic mass is 10.1. The molecule has 2 rings (SSSR count). The van der Waals surface area contributed by atoms with E-state index in [1.54, 1.807) is 0 Å². The highest BCUT2D eigenvalue weighted by Gasteiger charge is 2.12. The van der Waals surface area contributed by atoms with Gasteiger partial charge in [0.05, 0.1) is 0 Å². The average Bonchev–Trinajstić information content (AvgIpc) is 2.41. The van der Waals surface area contributed by atoms with Gasteiger partial charge >= 0.3 is 0 Å². The Labute approximate surface area is 109 Å². The first kappa shape index (κ1) is 12.7. The minimum Gasteiger partial charge on any atom is -0.295 e. The van der Waals surface area contributed by atoms with E-state index in [9.17, 15) is 0 Å². The minimum absolute atomic E-state index is 0.368. The summed E-state index contributed by atoms with van der Waals surface area (Å²) < 4.78 is 0. The molecule has 2 aromatic rings. The molecule has 0 aliphatic rings. The summed E-state index contributed by atoms with van der Waals surface area (Å²) in [6.07, 6.45) is 5.52. The van der Waals surface area contributed by atoms with Crippen LogP contribution in [0.25, 0.3) is 0 Å². The Morgan fingerprint density at radius 2 is 1.89 bits per heavy atom. The lowest BCUT2D eigenvalue weighted by molar-refractivity contribution is 0.252. The van der Waals surface area contributed by atoms with E-state index >= 15 is 0 Å². The van der Waals surface area contributed by atoms with Gasteiger partial charge in [-0.15, -0.1) is 0 Å². The Morgan fingerprint density at radius 3 is 2.56 bits per heavy atom. The summed E-state index contributed by atoms with van der Waals surface area (Å²) in [5.41, 5.74) is 3.67. The maximum Gasteiger partial charge on any atom is 0.0417 e. The Kier molecular flexibility index (Phi) is 4.05. The van der Waals surface area contributed by atoms with Gasteiger partial charge in [0, 0.05) is 36.9 Å². The average molecular weight is 241 g/mol. The van der Waals surface area contributed by atoms with E-state index in [4.69, 9.17) is 0 Å². The molecule has 2 aromatic heterocycles. The lowest BCUT2D eigenvalue weighted by Crippen LogP contribution is -2.22. The Hall–Kier alpha value is -1.74. The summed E-state index contributed by atoms with van der Waals surface area (Å²) in [6.45, 7) is 5.17. The summed E-state index contributed by atoms with van der Waals surface area (Å²) in [5, 5.41) is 0. The first-order valence-electron chi connectivity index (χ1n) is 6.19. The maximum atomic E-state index is 4.33. The van der Waals surface area contributed by atoms with Gasteiger partial charge in [-0.05, 0) is 50.2 Å². The van der Waals surface area contributed by atoms with Crippen LogP contribution in [-0.4, -0.2) is 21.9 Å². The standard InChI is InChI=1S/C15H19N3/c1-12-15(5-4-8-17-12)11-18(3)13(2)14-6-9-16-10-7-14/h4-10,13H,11H2,1-3H3/t13-/m1/s1. The van der Waals surface area contributed by atoms with Crippen LogP contribution in [-0.2, 0) is 6.54 Å². The fourth-order valence-electron chi connectivity index (χ4n) is 1.99. The second-order valence-corrected chi connectivity index (χ2v) is 4.62. The SMILES string of the molecule is Cc1ncccc1CN(C)[C@H](C)c1ccncc1. The van der Waals surface area contributed by atoms with E-state index in [0.717, 1.165) is 12.2 Å². The van der Waals surface area contributed by atoms with Gasteiger partial charge in [-0.2, -0.15) is 0 Å². The van der Waals surface area contributed by atoms with Gasteiger partial charge in [0.15, 0.2) is 0 Å². The summed E-state index contributed by atoms with van der Waals surface area (Å²) >= 11 is 0. The molecular formula is C15H19N3. The summed E-state index contributed by atoms with van der Waals surface area (Å²) in [7, 11) is 2.14. The van der Waals surface area contributed by atoms with Crippen molar-refractivity contribution in [3.8, 4) is 0 Å². The highest BCUT2D eigenvalue weighted by Crippen LogP contribution is 2.20. The van der Waals surface area contributed by atoms with Crippen LogP contribution in [0.4, 0.5) is 0 Å². The first-order valence-corrected chi connectivity index (χ1v) is 6.19. The Bertz CT molecular complexity index is 496. The quantitative estimate of drug-likeness (QED) is 0.824. The van der Waals surface area contributed by atoms with Crippen molar-refractivity contribution in [2.24, 2.45) is 0 Å². The monoisotopic (exact) mass is 241 g/mol. The number of aromatic nitrogens is 2. The molecule has 3 heteroatoms. The van der Waals surface area contributed by atoms with Gasteiger partial charge in [0.25, 0.3) is 0 Å². The normalized spacial score (nSPS) is 12.7. The van der Waals surface area contributed by atoms with Crippen molar-refractivity contribution in [1.82, 2.24) is 14.9 Å². The van der Waals surface area contributed by atoms with E-state index in [1.807, 2.05) is 24.7 Å². The molecule has 18 heavy (non-hydrogen) atoms. The van der Waals surface area contributed by atoms with Crippen LogP contribution in [0.5, 0.6) is 0 Å². The van der Waals surface area contributed by atoms with E-state index < -0.39 is 0 Å². The molecule has 0 saturated carbocycles. The molecule has 3 nitrogen and oxygen atoms in total. The molecule has 2 heterocycles. The Morgan fingerprint density at radius 1 is 1.17 bits per heavy atom. The smallest absolute Gasteiger partial charge is 0.0417 e. The largest absolute Gasteiger partial charge is 0.295 e. The second kappa shape index (κ2) is 5.74. The number of pyridine rings is 2. The highest BCUT2D eigenvalue weighted by atomic mass is 15.1. The molecule has 94 valence electrons. The van der Waals surface area contributed by atoms with Gasteiger partial charge in [0.2, 0.25) is 0 Å². The molecule has 0 fully saturated rings. The van der Waals surface area contributed by atoms with Crippen LogP contribution in [0, 0.1) is 6.92 Å². The van der Waals surface area contributed by atoms with Crippen molar-refractivity contribution in [2.45, 2.75) is 26.4 Å². The number of nitrogens with zero attached hydrogens (tertiary/aromatic N) is 3. The van der Waals surface area contributed by atoms with Crippen molar-refractivity contribution in [1.29, 1.82) is 0 Å². The fourth-order valence-corrected chi connectivity index (χ4v) is 1.99. The predicted molar refractivity (Wildman–Crippen MR) is 73.1 cm³/mol. The zero-order chi connectivity index (χ0) is 13.0. The Balaban J connectivity index is 2.09. The topological polar surface area (TPSA) is 29.0 Å². The van der Waals surface area contributed by atoms with E-state index in [1.165, 1.54) is 11.1 Å². The van der Waals surface area contributed by atoms with Crippen LogP contribution in [0.2, 0.25) is 0 Å². The predicted octanol–water partition coefficient (Wildman–Crippen LogP) is 2.98. The molecule has 0 aromatic carbocycles. The molecule has 0 amide bonds. The van der Waals surface area contributed by atoms with E-state index in [2.05, 4.69) is 54.0 Å². The molecule has 0 saturated heterocycles. The van der Waals surface area contributed by atoms with Gasteiger partial charge in [0.1, 0.15) is 0 Å². The molecule has 0 N–H and O–H groups in total. The lowest BCUT2D eigenvalue weighted by Gasteiger charge is -2.25. The van der Waals surface area contributed by atoms with Crippen LogP contribution in [0.3, 0.4) is 0 Å². The zero-order valence-electron chi connectivity index (χ0n) is 11.2. The third-order valence-electron chi connectivity index (χ3n) is 3.39. The van der Waals surface area contributed by atoms with Gasteiger partial charge in [-0.25, -0.2) is 0 Å². The summed E-state index contributed by atoms with van der Waals surface area (Å²) in [5.74, 6) is 0. The van der Waals surface area contributed by atoms with E-state index in [-0.39, 0.29) is 0 Å². The third-order valence-corrected chi connectivity index (χ3v) is 3.39. The number of rotatable bonds is 4. The molecule has 1 atom stereocenters. The van der Waals surface area contributed by atoms with Crippen molar-refractivity contribution < 1.29 is 0 Å². The maximum absolute atomic E-state index is 4.33. The summed E-state index contributed by atoms with van der Waals surface area (Å²) in [4.78, 5) is 10.7. The van der Waals surface area contributed by atoms with E-state index in [0.29, 0.717) is 6.04 Å².